The predicted octanol–water partition coefficient (Wildman–Crippen LogP) is 5.75. The first kappa shape index (κ1) is 17.6. The molecule has 25 heavy (non-hydrogen) atoms. The number of fused-ring (bicyclic) bond motifs is 1. The lowest BCUT2D eigenvalue weighted by molar-refractivity contribution is 0.101. The third-order valence-electron chi connectivity index (χ3n) is 4.75. The van der Waals surface area contributed by atoms with Crippen LogP contribution in [0.5, 0.6) is 0 Å². The van der Waals surface area contributed by atoms with E-state index in [2.05, 4.69) is 41.9 Å². The molecular weight excluding hydrogens is 332 g/mol. The maximum Gasteiger partial charge on any atom is 0.272 e. The first-order valence-electron chi connectivity index (χ1n) is 8.65. The highest BCUT2D eigenvalue weighted by molar-refractivity contribution is 6.31. The Labute approximate surface area is 153 Å². The minimum absolute atomic E-state index is 0.103. The third kappa shape index (κ3) is 3.16. The number of nitrogens with zero attached hydrogens (tertiary/aromatic N) is 1. The molecule has 1 amide bonds. The number of benzene rings is 2. The van der Waals surface area contributed by atoms with E-state index in [1.54, 1.807) is 6.07 Å². The van der Waals surface area contributed by atoms with E-state index in [4.69, 9.17) is 11.6 Å². The summed E-state index contributed by atoms with van der Waals surface area (Å²) in [5, 5.41) is 4.78. The summed E-state index contributed by atoms with van der Waals surface area (Å²) < 4.78 is 2.08. The number of anilines is 1. The maximum absolute atomic E-state index is 13.0. The molecule has 0 saturated carbocycles. The van der Waals surface area contributed by atoms with Gasteiger partial charge in [-0.2, -0.15) is 0 Å². The third-order valence-corrected chi connectivity index (χ3v) is 5.16. The highest BCUT2D eigenvalue weighted by Crippen LogP contribution is 2.28. The molecule has 3 rings (SSSR count). The first-order chi connectivity index (χ1) is 12.0. The Balaban J connectivity index is 2.05. The normalized spacial score (nSPS) is 11.1. The number of halogens is 1. The van der Waals surface area contributed by atoms with Crippen molar-refractivity contribution in [2.45, 2.75) is 40.7 Å². The standard InChI is InChI=1S/C21H23ClN2O/c1-5-15-8-10-19-17(11-15)14(4)20(24(19)6-2)21(25)23-16-9-7-13(3)18(22)12-16/h7-12H,5-6H2,1-4H3,(H,23,25). The van der Waals surface area contributed by atoms with E-state index in [0.717, 1.165) is 35.0 Å². The van der Waals surface area contributed by atoms with Gasteiger partial charge >= 0.3 is 0 Å². The van der Waals surface area contributed by atoms with Gasteiger partial charge < -0.3 is 9.88 Å². The number of rotatable bonds is 4. The Hall–Kier alpha value is -2.26. The van der Waals surface area contributed by atoms with Crippen molar-refractivity contribution >= 4 is 34.1 Å². The summed E-state index contributed by atoms with van der Waals surface area (Å²) in [7, 11) is 0. The van der Waals surface area contributed by atoms with Crippen molar-refractivity contribution in [3.8, 4) is 0 Å². The van der Waals surface area contributed by atoms with Gasteiger partial charge in [-0.25, -0.2) is 0 Å². The molecule has 0 fully saturated rings. The lowest BCUT2D eigenvalue weighted by Gasteiger charge is -2.11. The van der Waals surface area contributed by atoms with Crippen molar-refractivity contribution in [3.05, 3.63) is 63.8 Å². The Morgan fingerprint density at radius 1 is 1.12 bits per heavy atom. The van der Waals surface area contributed by atoms with Gasteiger partial charge in [-0.3, -0.25) is 4.79 Å². The van der Waals surface area contributed by atoms with Crippen LogP contribution in [0.2, 0.25) is 5.02 Å². The molecule has 0 spiro atoms. The van der Waals surface area contributed by atoms with Crippen LogP contribution in [0.15, 0.2) is 36.4 Å². The van der Waals surface area contributed by atoms with Crippen molar-refractivity contribution in [3.63, 3.8) is 0 Å². The van der Waals surface area contributed by atoms with Crippen LogP contribution in [0.4, 0.5) is 5.69 Å². The largest absolute Gasteiger partial charge is 0.337 e. The number of aromatic nitrogens is 1. The van der Waals surface area contributed by atoms with E-state index in [-0.39, 0.29) is 5.91 Å². The fraction of sp³-hybridized carbons (Fsp3) is 0.286. The fourth-order valence-electron chi connectivity index (χ4n) is 3.27. The monoisotopic (exact) mass is 354 g/mol. The number of amides is 1. The van der Waals surface area contributed by atoms with Crippen LogP contribution < -0.4 is 5.32 Å². The molecule has 0 aliphatic heterocycles. The number of aryl methyl sites for hydroxylation is 4. The van der Waals surface area contributed by atoms with Gasteiger partial charge in [0, 0.05) is 28.2 Å². The van der Waals surface area contributed by atoms with E-state index in [0.29, 0.717) is 16.4 Å². The molecular formula is C21H23ClN2O. The second-order valence-electron chi connectivity index (χ2n) is 6.34. The molecule has 130 valence electrons. The smallest absolute Gasteiger partial charge is 0.272 e. The summed E-state index contributed by atoms with van der Waals surface area (Å²) in [4.78, 5) is 13.0. The summed E-state index contributed by atoms with van der Waals surface area (Å²) in [6.45, 7) is 8.91. The minimum Gasteiger partial charge on any atom is -0.337 e. The molecule has 4 heteroatoms. The molecule has 1 aromatic heterocycles. The SMILES string of the molecule is CCc1ccc2c(c1)c(C)c(C(=O)Nc1ccc(C)c(Cl)c1)n2CC. The summed E-state index contributed by atoms with van der Waals surface area (Å²) in [6, 6.07) is 12.0. The second kappa shape index (κ2) is 6.93. The van der Waals surface area contributed by atoms with E-state index in [1.807, 2.05) is 26.0 Å². The average Bonchev–Trinajstić information content (AvgIpc) is 2.89. The van der Waals surface area contributed by atoms with Gasteiger partial charge in [-0.1, -0.05) is 30.7 Å². The molecule has 0 aliphatic rings. The van der Waals surface area contributed by atoms with Crippen molar-refractivity contribution in [2.24, 2.45) is 0 Å². The van der Waals surface area contributed by atoms with Crippen LogP contribution in [0.3, 0.4) is 0 Å². The van der Waals surface area contributed by atoms with Crippen LogP contribution in [0, 0.1) is 13.8 Å². The van der Waals surface area contributed by atoms with E-state index in [9.17, 15) is 4.79 Å². The second-order valence-corrected chi connectivity index (χ2v) is 6.75. The van der Waals surface area contributed by atoms with Crippen molar-refractivity contribution in [1.29, 1.82) is 0 Å². The maximum atomic E-state index is 13.0. The number of hydrogen-bond acceptors (Lipinski definition) is 1. The Kier molecular flexibility index (Phi) is 4.87. The highest BCUT2D eigenvalue weighted by Gasteiger charge is 2.20. The Morgan fingerprint density at radius 3 is 2.52 bits per heavy atom. The lowest BCUT2D eigenvalue weighted by Crippen LogP contribution is -2.17. The summed E-state index contributed by atoms with van der Waals surface area (Å²) in [5.74, 6) is -0.103. The summed E-state index contributed by atoms with van der Waals surface area (Å²) >= 11 is 6.17. The molecule has 2 aromatic carbocycles. The predicted molar refractivity (Wildman–Crippen MR) is 106 cm³/mol. The zero-order valence-corrected chi connectivity index (χ0v) is 15.9. The van der Waals surface area contributed by atoms with Crippen LogP contribution in [0.1, 0.15) is 41.0 Å². The van der Waals surface area contributed by atoms with E-state index in [1.165, 1.54) is 5.56 Å². The molecule has 3 aromatic rings. The van der Waals surface area contributed by atoms with Gasteiger partial charge in [-0.15, -0.1) is 0 Å². The average molecular weight is 355 g/mol. The van der Waals surface area contributed by atoms with Crippen molar-refractivity contribution < 1.29 is 4.79 Å². The molecule has 0 atom stereocenters. The molecule has 1 N–H and O–H groups in total. The summed E-state index contributed by atoms with van der Waals surface area (Å²) in [6.07, 6.45) is 0.982. The van der Waals surface area contributed by atoms with Crippen LogP contribution in [-0.4, -0.2) is 10.5 Å². The van der Waals surface area contributed by atoms with E-state index < -0.39 is 0 Å². The topological polar surface area (TPSA) is 34.0 Å². The first-order valence-corrected chi connectivity index (χ1v) is 9.03. The molecule has 0 aliphatic carbocycles. The minimum atomic E-state index is -0.103. The van der Waals surface area contributed by atoms with Crippen LogP contribution in [-0.2, 0) is 13.0 Å². The molecule has 1 heterocycles. The molecule has 3 nitrogen and oxygen atoms in total. The zero-order chi connectivity index (χ0) is 18.1. The van der Waals surface area contributed by atoms with Gasteiger partial charge in [-0.05, 0) is 68.1 Å². The van der Waals surface area contributed by atoms with Crippen molar-refractivity contribution in [1.82, 2.24) is 4.57 Å². The van der Waals surface area contributed by atoms with Gasteiger partial charge in [0.25, 0.3) is 5.91 Å². The zero-order valence-electron chi connectivity index (χ0n) is 15.1. The van der Waals surface area contributed by atoms with Gasteiger partial charge in [0.15, 0.2) is 0 Å². The number of carbonyl (C=O) groups is 1. The van der Waals surface area contributed by atoms with E-state index >= 15 is 0 Å². The van der Waals surface area contributed by atoms with Gasteiger partial charge in [0.1, 0.15) is 5.69 Å². The molecule has 0 radical (unpaired) electrons. The molecule has 0 saturated heterocycles. The summed E-state index contributed by atoms with van der Waals surface area (Å²) in [5.41, 5.74) is 5.81. The molecule has 0 bridgehead atoms. The van der Waals surface area contributed by atoms with Gasteiger partial charge in [0.05, 0.1) is 0 Å². The van der Waals surface area contributed by atoms with Gasteiger partial charge in [0.2, 0.25) is 0 Å². The number of nitrogens with one attached hydrogen (secondary N) is 1. The Bertz CT molecular complexity index is 956. The Morgan fingerprint density at radius 2 is 1.88 bits per heavy atom. The number of hydrogen-bond donors (Lipinski definition) is 1. The van der Waals surface area contributed by atoms with Crippen molar-refractivity contribution in [2.75, 3.05) is 5.32 Å². The number of carbonyl (C=O) groups excluding carboxylic acids is 1. The quantitative estimate of drug-likeness (QED) is 0.636. The van der Waals surface area contributed by atoms with Crippen LogP contribution >= 0.6 is 11.6 Å². The fourth-order valence-corrected chi connectivity index (χ4v) is 3.45. The van der Waals surface area contributed by atoms with Crippen LogP contribution in [0.25, 0.3) is 10.9 Å². The highest BCUT2D eigenvalue weighted by atomic mass is 35.5. The molecule has 0 unspecified atom stereocenters. The lowest BCUT2D eigenvalue weighted by atomic mass is 10.1.